The second-order valence-electron chi connectivity index (χ2n) is 6.10. The zero-order chi connectivity index (χ0) is 21.6. The molecule has 0 spiro atoms. The van der Waals surface area contributed by atoms with Crippen LogP contribution in [0.15, 0.2) is 33.9 Å². The standard InChI is InChI=1S/C19H22Cl2N4O4/c1-3-9-25-17(22)16(18(27)23-19(25)28)24(10-11-29-2)14(26)8-7-12-5-4-6-13(20)15(12)21/h4-8H,3,9-11,22H2,1-2H3,(H,23,27,28). The largest absolute Gasteiger partial charge is 0.383 e. The number of carbonyl (C=O) groups is 1. The van der Waals surface area contributed by atoms with E-state index in [4.69, 9.17) is 33.7 Å². The number of anilines is 2. The predicted octanol–water partition coefficient (Wildman–Crippen LogP) is 2.53. The van der Waals surface area contributed by atoms with Crippen molar-refractivity contribution < 1.29 is 9.53 Å². The third-order valence-corrected chi connectivity index (χ3v) is 4.94. The Morgan fingerprint density at radius 2 is 2.07 bits per heavy atom. The summed E-state index contributed by atoms with van der Waals surface area (Å²) in [4.78, 5) is 40.8. The molecule has 0 atom stereocenters. The highest BCUT2D eigenvalue weighted by Gasteiger charge is 2.22. The number of methoxy groups -OCH3 is 1. The number of ether oxygens (including phenoxy) is 1. The lowest BCUT2D eigenvalue weighted by atomic mass is 10.2. The van der Waals surface area contributed by atoms with Crippen LogP contribution in [-0.4, -0.2) is 35.7 Å². The molecule has 10 heteroatoms. The summed E-state index contributed by atoms with van der Waals surface area (Å²) in [6, 6.07) is 5.02. The van der Waals surface area contributed by atoms with Gasteiger partial charge in [0.15, 0.2) is 5.69 Å². The van der Waals surface area contributed by atoms with E-state index >= 15 is 0 Å². The summed E-state index contributed by atoms with van der Waals surface area (Å²) in [6.07, 6.45) is 3.36. The minimum absolute atomic E-state index is 0.0561. The van der Waals surface area contributed by atoms with E-state index < -0.39 is 17.2 Å². The topological polar surface area (TPSA) is 110 Å². The maximum atomic E-state index is 12.9. The summed E-state index contributed by atoms with van der Waals surface area (Å²) >= 11 is 12.1. The van der Waals surface area contributed by atoms with Gasteiger partial charge in [0.2, 0.25) is 0 Å². The first-order chi connectivity index (χ1) is 13.8. The minimum Gasteiger partial charge on any atom is -0.383 e. The Hall–Kier alpha value is -2.55. The normalized spacial score (nSPS) is 11.2. The zero-order valence-electron chi connectivity index (χ0n) is 16.1. The average Bonchev–Trinajstić information content (AvgIpc) is 2.68. The molecule has 0 aliphatic rings. The summed E-state index contributed by atoms with van der Waals surface area (Å²) in [5.41, 5.74) is 5.13. The number of H-pyrrole nitrogens is 1. The molecule has 0 fully saturated rings. The number of hydrogen-bond acceptors (Lipinski definition) is 5. The molecule has 1 amide bonds. The van der Waals surface area contributed by atoms with Crippen LogP contribution in [0.3, 0.4) is 0 Å². The van der Waals surface area contributed by atoms with E-state index in [0.717, 1.165) is 4.90 Å². The van der Waals surface area contributed by atoms with E-state index in [-0.39, 0.29) is 24.7 Å². The summed E-state index contributed by atoms with van der Waals surface area (Å²) < 4.78 is 6.27. The Bertz CT molecular complexity index is 1030. The first-order valence-electron chi connectivity index (χ1n) is 8.86. The highest BCUT2D eigenvalue weighted by Crippen LogP contribution is 2.26. The quantitative estimate of drug-likeness (QED) is 0.612. The summed E-state index contributed by atoms with van der Waals surface area (Å²) in [7, 11) is 1.47. The number of aromatic nitrogens is 2. The number of hydrogen-bond donors (Lipinski definition) is 2. The number of rotatable bonds is 8. The molecule has 0 aliphatic carbocycles. The summed E-state index contributed by atoms with van der Waals surface area (Å²) in [5.74, 6) is -0.615. The lowest BCUT2D eigenvalue weighted by molar-refractivity contribution is -0.114. The summed E-state index contributed by atoms with van der Waals surface area (Å²) in [6.45, 7) is 2.38. The van der Waals surface area contributed by atoms with Crippen LogP contribution in [-0.2, 0) is 16.1 Å². The molecule has 2 rings (SSSR count). The first-order valence-corrected chi connectivity index (χ1v) is 9.62. The third kappa shape index (κ3) is 5.29. The molecular formula is C19H22Cl2N4O4. The molecule has 2 aromatic rings. The Morgan fingerprint density at radius 1 is 1.34 bits per heavy atom. The number of amides is 1. The fourth-order valence-corrected chi connectivity index (χ4v) is 3.07. The smallest absolute Gasteiger partial charge is 0.330 e. The van der Waals surface area contributed by atoms with Gasteiger partial charge in [-0.1, -0.05) is 42.3 Å². The molecule has 0 bridgehead atoms. The highest BCUT2D eigenvalue weighted by atomic mass is 35.5. The van der Waals surface area contributed by atoms with E-state index in [0.29, 0.717) is 28.6 Å². The predicted molar refractivity (Wildman–Crippen MR) is 116 cm³/mol. The minimum atomic E-state index is -0.751. The van der Waals surface area contributed by atoms with Gasteiger partial charge in [-0.25, -0.2) is 4.79 Å². The van der Waals surface area contributed by atoms with Crippen LogP contribution in [0, 0.1) is 0 Å². The number of nitrogen functional groups attached to an aromatic ring is 1. The molecule has 1 heterocycles. The van der Waals surface area contributed by atoms with E-state index in [2.05, 4.69) is 4.98 Å². The molecular weight excluding hydrogens is 419 g/mol. The molecule has 0 saturated heterocycles. The van der Waals surface area contributed by atoms with Crippen molar-refractivity contribution in [2.75, 3.05) is 30.9 Å². The van der Waals surface area contributed by atoms with Gasteiger partial charge < -0.3 is 10.5 Å². The SMILES string of the molecule is CCCn1c(N)c(N(CCOC)C(=O)C=Cc2cccc(Cl)c2Cl)c(=O)[nH]c1=O. The second kappa shape index (κ2) is 10.3. The van der Waals surface area contributed by atoms with Gasteiger partial charge in [-0.05, 0) is 24.1 Å². The average molecular weight is 441 g/mol. The van der Waals surface area contributed by atoms with Crippen molar-refractivity contribution in [1.29, 1.82) is 0 Å². The van der Waals surface area contributed by atoms with E-state index in [1.807, 2.05) is 6.92 Å². The van der Waals surface area contributed by atoms with E-state index in [1.54, 1.807) is 18.2 Å². The van der Waals surface area contributed by atoms with Crippen LogP contribution in [0.25, 0.3) is 6.08 Å². The van der Waals surface area contributed by atoms with Crippen molar-refractivity contribution in [3.8, 4) is 0 Å². The Labute approximate surface area is 177 Å². The van der Waals surface area contributed by atoms with Crippen LogP contribution >= 0.6 is 23.2 Å². The molecule has 0 radical (unpaired) electrons. The van der Waals surface area contributed by atoms with E-state index in [9.17, 15) is 14.4 Å². The third-order valence-electron chi connectivity index (χ3n) is 4.10. The molecule has 156 valence electrons. The van der Waals surface area contributed by atoms with Crippen LogP contribution in [0.2, 0.25) is 10.0 Å². The fourth-order valence-electron chi connectivity index (χ4n) is 2.70. The van der Waals surface area contributed by atoms with Gasteiger partial charge in [-0.2, -0.15) is 0 Å². The number of benzene rings is 1. The number of carbonyl (C=O) groups excluding carboxylic acids is 1. The second-order valence-corrected chi connectivity index (χ2v) is 6.89. The van der Waals surface area contributed by atoms with Crippen molar-refractivity contribution in [2.45, 2.75) is 19.9 Å². The van der Waals surface area contributed by atoms with E-state index in [1.165, 1.54) is 23.8 Å². The Balaban J connectivity index is 2.49. The monoisotopic (exact) mass is 440 g/mol. The molecule has 3 N–H and O–H groups in total. The van der Waals surface area contributed by atoms with Crippen molar-refractivity contribution in [2.24, 2.45) is 0 Å². The van der Waals surface area contributed by atoms with Crippen molar-refractivity contribution >= 4 is 46.7 Å². The van der Waals surface area contributed by atoms with Gasteiger partial charge in [0.05, 0.1) is 16.7 Å². The Morgan fingerprint density at radius 3 is 2.72 bits per heavy atom. The lowest BCUT2D eigenvalue weighted by Crippen LogP contribution is -2.42. The molecule has 0 saturated carbocycles. The molecule has 1 aromatic heterocycles. The first kappa shape index (κ1) is 22.7. The number of aromatic amines is 1. The highest BCUT2D eigenvalue weighted by molar-refractivity contribution is 6.42. The van der Waals surface area contributed by atoms with Gasteiger partial charge >= 0.3 is 5.69 Å². The summed E-state index contributed by atoms with van der Waals surface area (Å²) in [5, 5.41) is 0.653. The van der Waals surface area contributed by atoms with Crippen molar-refractivity contribution in [3.63, 3.8) is 0 Å². The van der Waals surface area contributed by atoms with Crippen LogP contribution in [0.5, 0.6) is 0 Å². The fraction of sp³-hybridized carbons (Fsp3) is 0.316. The van der Waals surface area contributed by atoms with Crippen molar-refractivity contribution in [1.82, 2.24) is 9.55 Å². The molecule has 0 unspecified atom stereocenters. The Kier molecular flexibility index (Phi) is 8.07. The number of halogens is 2. The van der Waals surface area contributed by atoms with Crippen LogP contribution in [0.1, 0.15) is 18.9 Å². The van der Waals surface area contributed by atoms with Crippen LogP contribution in [0.4, 0.5) is 11.5 Å². The van der Waals surface area contributed by atoms with Gasteiger partial charge in [0.1, 0.15) is 5.82 Å². The van der Waals surface area contributed by atoms with Gasteiger partial charge in [-0.3, -0.25) is 24.0 Å². The van der Waals surface area contributed by atoms with Crippen molar-refractivity contribution in [3.05, 3.63) is 60.7 Å². The van der Waals surface area contributed by atoms with Crippen LogP contribution < -0.4 is 21.9 Å². The number of nitrogens with zero attached hydrogens (tertiary/aromatic N) is 2. The van der Waals surface area contributed by atoms with Gasteiger partial charge in [-0.15, -0.1) is 0 Å². The lowest BCUT2D eigenvalue weighted by Gasteiger charge is -2.23. The molecule has 8 nitrogen and oxygen atoms in total. The van der Waals surface area contributed by atoms with Gasteiger partial charge in [0.25, 0.3) is 11.5 Å². The zero-order valence-corrected chi connectivity index (χ0v) is 17.6. The molecule has 29 heavy (non-hydrogen) atoms. The number of nitrogens with one attached hydrogen (secondary N) is 1. The maximum Gasteiger partial charge on any atom is 0.330 e. The number of nitrogens with two attached hydrogens (primary N) is 1. The maximum absolute atomic E-state index is 12.9. The molecule has 1 aromatic carbocycles. The van der Waals surface area contributed by atoms with Gasteiger partial charge in [0, 0.05) is 26.3 Å². The molecule has 0 aliphatic heterocycles.